The van der Waals surface area contributed by atoms with Gasteiger partial charge in [-0.25, -0.2) is 0 Å². The predicted octanol–water partition coefficient (Wildman–Crippen LogP) is 2.20. The second-order valence-corrected chi connectivity index (χ2v) is 5.34. The Bertz CT molecular complexity index is 695. The molecule has 4 N–H and O–H groups in total. The monoisotopic (exact) mass is 363 g/mol. The van der Waals surface area contributed by atoms with E-state index in [0.29, 0.717) is 11.4 Å². The fraction of sp³-hybridized carbons (Fsp3) is 0.222. The number of amides is 2. The van der Waals surface area contributed by atoms with Crippen LogP contribution in [0.5, 0.6) is 0 Å². The van der Waals surface area contributed by atoms with Crippen molar-refractivity contribution in [2.24, 2.45) is 5.73 Å². The summed E-state index contributed by atoms with van der Waals surface area (Å²) in [5, 5.41) is 5.51. The van der Waals surface area contributed by atoms with E-state index < -0.39 is 6.04 Å². The number of nitrogens with one attached hydrogen (secondary N) is 2. The molecule has 0 bridgehead atoms. The van der Waals surface area contributed by atoms with Crippen molar-refractivity contribution in [3.63, 3.8) is 0 Å². The van der Waals surface area contributed by atoms with Gasteiger partial charge >= 0.3 is 0 Å². The van der Waals surface area contributed by atoms with Crippen LogP contribution in [-0.4, -0.2) is 31.6 Å². The first-order valence-electron chi connectivity index (χ1n) is 7.57. The van der Waals surface area contributed by atoms with Crippen LogP contribution < -0.4 is 16.4 Å². The van der Waals surface area contributed by atoms with Gasteiger partial charge in [0.1, 0.15) is 6.04 Å². The number of methoxy groups -OCH3 is 1. The fourth-order valence-corrected chi connectivity index (χ4v) is 2.15. The second kappa shape index (κ2) is 10.5. The van der Waals surface area contributed by atoms with Gasteiger partial charge in [0.25, 0.3) is 0 Å². The van der Waals surface area contributed by atoms with Gasteiger partial charge in [-0.3, -0.25) is 9.59 Å². The minimum absolute atomic E-state index is 0. The van der Waals surface area contributed by atoms with Gasteiger partial charge < -0.3 is 21.1 Å². The summed E-state index contributed by atoms with van der Waals surface area (Å²) >= 11 is 0. The van der Waals surface area contributed by atoms with E-state index in [1.54, 1.807) is 24.3 Å². The number of halogens is 1. The summed E-state index contributed by atoms with van der Waals surface area (Å²) in [5.74, 6) is -0.467. The molecule has 0 heterocycles. The standard InChI is InChI=1S/C18H21N3O3.ClH/c1-24-12-16(19)18(23)21-15-9-5-8-14(11-15)20-17(22)10-13-6-3-2-4-7-13;/h2-9,11,16H,10,12,19H2,1H3,(H,20,22)(H,21,23);1H/t16-;/m0./s1. The number of hydrogen-bond donors (Lipinski definition) is 3. The zero-order valence-electron chi connectivity index (χ0n) is 13.9. The number of ether oxygens (including phenoxy) is 1. The first-order chi connectivity index (χ1) is 11.6. The van der Waals surface area contributed by atoms with Crippen LogP contribution in [0.2, 0.25) is 0 Å². The van der Waals surface area contributed by atoms with E-state index in [-0.39, 0.29) is 37.2 Å². The van der Waals surface area contributed by atoms with Crippen LogP contribution in [0.1, 0.15) is 5.56 Å². The van der Waals surface area contributed by atoms with Gasteiger partial charge in [-0.2, -0.15) is 0 Å². The van der Waals surface area contributed by atoms with Gasteiger partial charge in [-0.1, -0.05) is 36.4 Å². The highest BCUT2D eigenvalue weighted by Crippen LogP contribution is 2.15. The lowest BCUT2D eigenvalue weighted by atomic mass is 10.1. The van der Waals surface area contributed by atoms with Crippen LogP contribution >= 0.6 is 12.4 Å². The molecule has 0 spiro atoms. The summed E-state index contributed by atoms with van der Waals surface area (Å²) in [6.45, 7) is 0.138. The molecule has 0 unspecified atom stereocenters. The van der Waals surface area contributed by atoms with Gasteiger partial charge in [0.15, 0.2) is 0 Å². The Kier molecular flexibility index (Phi) is 8.63. The third kappa shape index (κ3) is 6.93. The van der Waals surface area contributed by atoms with Crippen molar-refractivity contribution in [3.8, 4) is 0 Å². The van der Waals surface area contributed by atoms with Gasteiger partial charge in [-0.15, -0.1) is 12.4 Å². The molecular weight excluding hydrogens is 342 g/mol. The molecule has 1 atom stereocenters. The highest BCUT2D eigenvalue weighted by atomic mass is 35.5. The summed E-state index contributed by atoms with van der Waals surface area (Å²) in [7, 11) is 1.48. The maximum Gasteiger partial charge on any atom is 0.243 e. The molecule has 0 fully saturated rings. The highest BCUT2D eigenvalue weighted by molar-refractivity contribution is 5.96. The maximum absolute atomic E-state index is 12.1. The second-order valence-electron chi connectivity index (χ2n) is 5.34. The van der Waals surface area contributed by atoms with Crippen molar-refractivity contribution in [2.45, 2.75) is 12.5 Å². The van der Waals surface area contributed by atoms with Crippen LogP contribution in [0.3, 0.4) is 0 Å². The Morgan fingerprint density at radius 2 is 1.68 bits per heavy atom. The molecule has 0 aliphatic rings. The van der Waals surface area contributed by atoms with Crippen molar-refractivity contribution in [1.82, 2.24) is 0 Å². The van der Waals surface area contributed by atoms with Gasteiger partial charge in [0.2, 0.25) is 11.8 Å². The van der Waals surface area contributed by atoms with E-state index in [1.807, 2.05) is 30.3 Å². The molecule has 6 nitrogen and oxygen atoms in total. The van der Waals surface area contributed by atoms with Gasteiger partial charge in [0, 0.05) is 18.5 Å². The Labute approximate surface area is 153 Å². The lowest BCUT2D eigenvalue weighted by molar-refractivity contribution is -0.118. The van der Waals surface area contributed by atoms with E-state index in [2.05, 4.69) is 10.6 Å². The first-order valence-corrected chi connectivity index (χ1v) is 7.57. The van der Waals surface area contributed by atoms with Gasteiger partial charge in [-0.05, 0) is 23.8 Å². The Morgan fingerprint density at radius 1 is 1.04 bits per heavy atom. The van der Waals surface area contributed by atoms with Crippen molar-refractivity contribution in [2.75, 3.05) is 24.4 Å². The third-order valence-electron chi connectivity index (χ3n) is 3.30. The minimum Gasteiger partial charge on any atom is -0.383 e. The number of rotatable bonds is 7. The van der Waals surface area contributed by atoms with Gasteiger partial charge in [0.05, 0.1) is 13.0 Å². The lowest BCUT2D eigenvalue weighted by Crippen LogP contribution is -2.39. The number of carbonyl (C=O) groups excluding carboxylic acids is 2. The average Bonchev–Trinajstić information content (AvgIpc) is 2.56. The van der Waals surface area contributed by atoms with E-state index in [0.717, 1.165) is 5.56 Å². The number of hydrogen-bond acceptors (Lipinski definition) is 4. The number of benzene rings is 2. The molecule has 2 aromatic carbocycles. The zero-order valence-corrected chi connectivity index (χ0v) is 14.7. The van der Waals surface area contributed by atoms with E-state index >= 15 is 0 Å². The molecule has 134 valence electrons. The highest BCUT2D eigenvalue weighted by Gasteiger charge is 2.13. The first kappa shape index (κ1) is 20.6. The van der Waals surface area contributed by atoms with Crippen LogP contribution in [-0.2, 0) is 20.7 Å². The predicted molar refractivity (Wildman–Crippen MR) is 101 cm³/mol. The lowest BCUT2D eigenvalue weighted by Gasteiger charge is -2.12. The van der Waals surface area contributed by atoms with E-state index in [4.69, 9.17) is 10.5 Å². The molecule has 25 heavy (non-hydrogen) atoms. The number of carbonyl (C=O) groups is 2. The molecule has 0 aliphatic heterocycles. The smallest absolute Gasteiger partial charge is 0.243 e. The quantitative estimate of drug-likeness (QED) is 0.703. The maximum atomic E-state index is 12.1. The molecule has 0 saturated heterocycles. The van der Waals surface area contributed by atoms with Crippen LogP contribution in [0.25, 0.3) is 0 Å². The minimum atomic E-state index is -0.744. The van der Waals surface area contributed by atoms with Crippen molar-refractivity contribution >= 4 is 35.6 Å². The molecule has 0 saturated carbocycles. The molecule has 2 aromatic rings. The Morgan fingerprint density at radius 3 is 2.32 bits per heavy atom. The van der Waals surface area contributed by atoms with Crippen LogP contribution in [0.4, 0.5) is 11.4 Å². The van der Waals surface area contributed by atoms with E-state index in [1.165, 1.54) is 7.11 Å². The number of nitrogens with two attached hydrogens (primary N) is 1. The molecule has 2 amide bonds. The molecule has 0 aliphatic carbocycles. The topological polar surface area (TPSA) is 93.4 Å². The average molecular weight is 364 g/mol. The summed E-state index contributed by atoms with van der Waals surface area (Å²) in [6.07, 6.45) is 0.288. The summed E-state index contributed by atoms with van der Waals surface area (Å²) in [4.78, 5) is 23.9. The van der Waals surface area contributed by atoms with Crippen LogP contribution in [0, 0.1) is 0 Å². The molecule has 2 rings (SSSR count). The third-order valence-corrected chi connectivity index (χ3v) is 3.30. The SMILES string of the molecule is COC[C@H](N)C(=O)Nc1cccc(NC(=O)Cc2ccccc2)c1.Cl. The molecule has 0 radical (unpaired) electrons. The summed E-state index contributed by atoms with van der Waals surface area (Å²) < 4.78 is 4.85. The van der Waals surface area contributed by atoms with Crippen molar-refractivity contribution in [3.05, 3.63) is 60.2 Å². The molecule has 7 heteroatoms. The Hall–Kier alpha value is -2.41. The fourth-order valence-electron chi connectivity index (χ4n) is 2.15. The van der Waals surface area contributed by atoms with E-state index in [9.17, 15) is 9.59 Å². The van der Waals surface area contributed by atoms with Crippen molar-refractivity contribution in [1.29, 1.82) is 0 Å². The molecular formula is C18H22ClN3O3. The normalized spacial score (nSPS) is 11.1. The van der Waals surface area contributed by atoms with Crippen molar-refractivity contribution < 1.29 is 14.3 Å². The summed E-state index contributed by atoms with van der Waals surface area (Å²) in [6, 6.07) is 15.6. The molecule has 0 aromatic heterocycles. The number of anilines is 2. The Balaban J connectivity index is 0.00000312. The van der Waals surface area contributed by atoms with Crippen LogP contribution in [0.15, 0.2) is 54.6 Å². The summed E-state index contributed by atoms with van der Waals surface area (Å²) in [5.41, 5.74) is 7.77. The largest absolute Gasteiger partial charge is 0.383 e. The zero-order chi connectivity index (χ0) is 17.4.